The maximum Gasteiger partial charge on any atom is 0.309 e. The number of aliphatic imine (C=N–C) groups is 1. The molecule has 0 radical (unpaired) electrons. The summed E-state index contributed by atoms with van der Waals surface area (Å²) in [5.74, 6) is -0.748. The first-order valence-electron chi connectivity index (χ1n) is 10.7. The number of benzene rings is 1. The van der Waals surface area contributed by atoms with Crippen LogP contribution in [0, 0.1) is 46.3 Å². The Morgan fingerprint density at radius 1 is 1.32 bits per heavy atom. The highest BCUT2D eigenvalue weighted by molar-refractivity contribution is 5.91. The van der Waals surface area contributed by atoms with Gasteiger partial charge in [-0.25, -0.2) is 8.78 Å². The van der Waals surface area contributed by atoms with Crippen molar-refractivity contribution in [2.24, 2.45) is 28.2 Å². The molecule has 5 rings (SSSR count). The van der Waals surface area contributed by atoms with E-state index in [9.17, 15) is 23.9 Å². The lowest BCUT2D eigenvalue weighted by Gasteiger charge is -2.57. The first kappa shape index (κ1) is 21.7. The minimum absolute atomic E-state index is 0.0753. The summed E-state index contributed by atoms with van der Waals surface area (Å²) in [6.07, 6.45) is 5.78. The molecular formula is C23H27F2N3O3. The van der Waals surface area contributed by atoms with Crippen LogP contribution in [0.2, 0.25) is 0 Å². The van der Waals surface area contributed by atoms with Crippen molar-refractivity contribution in [2.75, 3.05) is 0 Å². The maximum absolute atomic E-state index is 14.0. The highest BCUT2D eigenvalue weighted by Crippen LogP contribution is 2.61. The van der Waals surface area contributed by atoms with Crippen molar-refractivity contribution < 1.29 is 23.4 Å². The summed E-state index contributed by atoms with van der Waals surface area (Å²) in [7, 11) is 0. The number of nitrogens with one attached hydrogen (secondary N) is 1. The summed E-state index contributed by atoms with van der Waals surface area (Å²) in [5.41, 5.74) is -1.60. The topological polar surface area (TPSA) is 94.7 Å². The maximum atomic E-state index is 14.0. The molecule has 6 nitrogen and oxygen atoms in total. The van der Waals surface area contributed by atoms with Crippen LogP contribution in [0.3, 0.4) is 0 Å². The largest absolute Gasteiger partial charge is 0.481 e. The van der Waals surface area contributed by atoms with Crippen LogP contribution in [0.1, 0.15) is 51.5 Å². The highest BCUT2D eigenvalue weighted by atomic mass is 19.1. The standard InChI is InChI=1S/C23H27F2N3O3/c1-22(2,31-11-16-7-17(24)3-4-18(16)25)20(27-12-26)28-19-14-5-13-6-15(19)10-23(8-13,9-14)21(29)30/h3-4,7,13-15,19H,5-6,8-11H2,1-2H3,(H,27,28)(H,29,30). The van der Waals surface area contributed by atoms with Crippen molar-refractivity contribution >= 4 is 11.8 Å². The molecule has 0 heterocycles. The molecule has 0 aliphatic heterocycles. The van der Waals surface area contributed by atoms with E-state index in [0.29, 0.717) is 24.6 Å². The van der Waals surface area contributed by atoms with Crippen molar-refractivity contribution in [3.63, 3.8) is 0 Å². The van der Waals surface area contributed by atoms with Crippen LogP contribution >= 0.6 is 0 Å². The smallest absolute Gasteiger partial charge is 0.309 e. The zero-order chi connectivity index (χ0) is 22.4. The van der Waals surface area contributed by atoms with E-state index in [4.69, 9.17) is 9.73 Å². The van der Waals surface area contributed by atoms with Gasteiger partial charge in [0.1, 0.15) is 23.1 Å². The van der Waals surface area contributed by atoms with Gasteiger partial charge >= 0.3 is 5.97 Å². The second-order valence-electron chi connectivity index (χ2n) is 9.80. The molecule has 31 heavy (non-hydrogen) atoms. The zero-order valence-corrected chi connectivity index (χ0v) is 17.7. The molecule has 1 aromatic carbocycles. The van der Waals surface area contributed by atoms with Crippen molar-refractivity contribution in [1.29, 1.82) is 5.26 Å². The molecule has 4 aliphatic rings. The Hall–Kier alpha value is -2.53. The number of carboxylic acids is 1. The fourth-order valence-electron chi connectivity index (χ4n) is 5.99. The van der Waals surface area contributed by atoms with Gasteiger partial charge in [0.25, 0.3) is 0 Å². The molecule has 8 heteroatoms. The lowest BCUT2D eigenvalue weighted by molar-refractivity contribution is -0.166. The Kier molecular flexibility index (Phi) is 5.50. The van der Waals surface area contributed by atoms with Gasteiger partial charge in [-0.15, -0.1) is 0 Å². The number of rotatable bonds is 6. The summed E-state index contributed by atoms with van der Waals surface area (Å²) < 4.78 is 33.3. The van der Waals surface area contributed by atoms with Crippen molar-refractivity contribution in [3.8, 4) is 6.19 Å². The van der Waals surface area contributed by atoms with Crippen molar-refractivity contribution in [1.82, 2.24) is 5.32 Å². The molecule has 4 aliphatic carbocycles. The average Bonchev–Trinajstić information content (AvgIpc) is 2.70. The number of carboxylic acid groups (broad SMARTS) is 1. The summed E-state index contributed by atoms with van der Waals surface area (Å²) in [4.78, 5) is 16.8. The van der Waals surface area contributed by atoms with Crippen molar-refractivity contribution in [3.05, 3.63) is 35.4 Å². The Labute approximate surface area is 180 Å². The van der Waals surface area contributed by atoms with Crippen molar-refractivity contribution in [2.45, 2.75) is 64.2 Å². The number of nitriles is 1. The van der Waals surface area contributed by atoms with Gasteiger partial charge in [0.2, 0.25) is 0 Å². The van der Waals surface area contributed by atoms with Crippen LogP contribution in [-0.2, 0) is 16.1 Å². The molecule has 2 N–H and O–H groups in total. The number of aliphatic carboxylic acids is 1. The number of nitrogens with zero attached hydrogens (tertiary/aromatic N) is 2. The normalized spacial score (nSPS) is 32.0. The Bertz CT molecular complexity index is 940. The third kappa shape index (κ3) is 4.03. The van der Waals surface area contributed by atoms with Crippen LogP contribution in [0.4, 0.5) is 8.78 Å². The molecular weight excluding hydrogens is 404 g/mol. The van der Waals surface area contributed by atoms with E-state index in [1.165, 1.54) is 0 Å². The van der Waals surface area contributed by atoms with E-state index in [1.807, 2.05) is 6.19 Å². The number of amidine groups is 1. The van der Waals surface area contributed by atoms with E-state index in [-0.39, 0.29) is 30.0 Å². The van der Waals surface area contributed by atoms with Crippen LogP contribution in [0.5, 0.6) is 0 Å². The third-order valence-electron chi connectivity index (χ3n) is 7.30. The summed E-state index contributed by atoms with van der Waals surface area (Å²) in [6, 6.07) is 3.11. The number of hydrogen-bond acceptors (Lipinski definition) is 4. The SMILES string of the molecule is CC(C)(OCc1cc(F)ccc1F)C(=NC1C2CC3CC1CC(C(=O)O)(C3)C2)NC#N. The lowest BCUT2D eigenvalue weighted by Crippen LogP contribution is -2.56. The monoisotopic (exact) mass is 431 g/mol. The quantitative estimate of drug-likeness (QED) is 0.307. The van der Waals surface area contributed by atoms with Gasteiger partial charge in [-0.2, -0.15) is 5.26 Å². The van der Waals surface area contributed by atoms with E-state index >= 15 is 0 Å². The number of hydrogen-bond donors (Lipinski definition) is 2. The van der Waals surface area contributed by atoms with E-state index < -0.39 is 28.6 Å². The first-order valence-corrected chi connectivity index (χ1v) is 10.7. The summed E-state index contributed by atoms with van der Waals surface area (Å²) in [5, 5.41) is 21.7. The van der Waals surface area contributed by atoms with Gasteiger partial charge in [0.05, 0.1) is 18.1 Å². The van der Waals surface area contributed by atoms with Gasteiger partial charge in [-0.1, -0.05) is 0 Å². The molecule has 4 fully saturated rings. The summed E-state index contributed by atoms with van der Waals surface area (Å²) >= 11 is 0. The predicted molar refractivity (Wildman–Crippen MR) is 109 cm³/mol. The fraction of sp³-hybridized carbons (Fsp3) is 0.609. The van der Waals surface area contributed by atoms with E-state index in [0.717, 1.165) is 37.5 Å². The van der Waals surface area contributed by atoms with Gasteiger partial charge in [-0.05, 0) is 81.9 Å². The van der Waals surface area contributed by atoms with Gasteiger partial charge in [-0.3, -0.25) is 15.1 Å². The number of ether oxygens (including phenoxy) is 1. The summed E-state index contributed by atoms with van der Waals surface area (Å²) in [6.45, 7) is 3.27. The molecule has 0 aromatic heterocycles. The molecule has 0 spiro atoms. The average molecular weight is 431 g/mol. The molecule has 4 bridgehead atoms. The second-order valence-corrected chi connectivity index (χ2v) is 9.80. The third-order valence-corrected chi connectivity index (χ3v) is 7.30. The molecule has 0 amide bonds. The van der Waals surface area contributed by atoms with Gasteiger partial charge < -0.3 is 9.84 Å². The Balaban J connectivity index is 1.55. The molecule has 0 saturated heterocycles. The predicted octanol–water partition coefficient (Wildman–Crippen LogP) is 4.01. The molecule has 2 unspecified atom stereocenters. The number of carbonyl (C=O) groups is 1. The zero-order valence-electron chi connectivity index (χ0n) is 17.7. The minimum atomic E-state index is -1.05. The van der Waals surface area contributed by atoms with Gasteiger partial charge in [0.15, 0.2) is 6.19 Å². The highest BCUT2D eigenvalue weighted by Gasteiger charge is 2.59. The fourth-order valence-corrected chi connectivity index (χ4v) is 5.99. The molecule has 166 valence electrons. The van der Waals surface area contributed by atoms with Crippen LogP contribution in [0.25, 0.3) is 0 Å². The number of halogens is 2. The second kappa shape index (κ2) is 7.86. The molecule has 1 aromatic rings. The molecule has 4 saturated carbocycles. The Morgan fingerprint density at radius 2 is 2.00 bits per heavy atom. The molecule has 2 atom stereocenters. The van der Waals surface area contributed by atoms with Crippen LogP contribution in [0.15, 0.2) is 23.2 Å². The first-order chi connectivity index (χ1) is 14.6. The van der Waals surface area contributed by atoms with Crippen LogP contribution < -0.4 is 5.32 Å². The lowest BCUT2D eigenvalue weighted by atomic mass is 9.48. The van der Waals surface area contributed by atoms with Gasteiger partial charge in [0, 0.05) is 5.56 Å². The van der Waals surface area contributed by atoms with Crippen LogP contribution in [-0.4, -0.2) is 28.6 Å². The Morgan fingerprint density at radius 3 is 2.61 bits per heavy atom. The van der Waals surface area contributed by atoms with E-state index in [2.05, 4.69) is 5.32 Å². The minimum Gasteiger partial charge on any atom is -0.481 e. The van der Waals surface area contributed by atoms with E-state index in [1.54, 1.807) is 13.8 Å².